The molecule has 0 saturated heterocycles. The van der Waals surface area contributed by atoms with E-state index in [2.05, 4.69) is 231 Å². The first-order valence-corrected chi connectivity index (χ1v) is 20.8. The molecule has 3 aliphatic rings. The molecule has 0 heterocycles. The number of fused-ring (bicyclic) bond motifs is 13. The first-order chi connectivity index (χ1) is 29.0. The molecular formula is C58H41N. The molecule has 0 aliphatic heterocycles. The Balaban J connectivity index is 1.22. The van der Waals surface area contributed by atoms with Crippen LogP contribution in [0, 0.1) is 0 Å². The minimum atomic E-state index is -0.491. The van der Waals surface area contributed by atoms with E-state index in [4.69, 9.17) is 0 Å². The van der Waals surface area contributed by atoms with Crippen molar-refractivity contribution >= 4 is 17.1 Å². The zero-order chi connectivity index (χ0) is 39.3. The highest BCUT2D eigenvalue weighted by Gasteiger charge is 2.53. The van der Waals surface area contributed by atoms with Crippen molar-refractivity contribution in [2.24, 2.45) is 0 Å². The molecule has 3 aliphatic carbocycles. The highest BCUT2D eigenvalue weighted by atomic mass is 15.1. The monoisotopic (exact) mass is 751 g/mol. The lowest BCUT2D eigenvalue weighted by molar-refractivity contribution is 0.660. The second-order valence-corrected chi connectivity index (χ2v) is 16.8. The molecule has 0 bridgehead atoms. The van der Waals surface area contributed by atoms with Gasteiger partial charge in [-0.1, -0.05) is 196 Å². The van der Waals surface area contributed by atoms with Crippen LogP contribution in [-0.2, 0) is 10.8 Å². The molecule has 0 saturated carbocycles. The lowest BCUT2D eigenvalue weighted by atomic mass is 9.70. The van der Waals surface area contributed by atoms with Gasteiger partial charge in [-0.3, -0.25) is 0 Å². The zero-order valence-corrected chi connectivity index (χ0v) is 33.2. The fourth-order valence-electron chi connectivity index (χ4n) is 10.9. The summed E-state index contributed by atoms with van der Waals surface area (Å²) in [7, 11) is 0. The van der Waals surface area contributed by atoms with Gasteiger partial charge in [0.2, 0.25) is 0 Å². The molecule has 0 fully saturated rings. The van der Waals surface area contributed by atoms with Crippen LogP contribution in [0.5, 0.6) is 0 Å². The summed E-state index contributed by atoms with van der Waals surface area (Å²) >= 11 is 0. The predicted molar refractivity (Wildman–Crippen MR) is 246 cm³/mol. The molecule has 0 unspecified atom stereocenters. The van der Waals surface area contributed by atoms with Crippen molar-refractivity contribution in [2.45, 2.75) is 24.7 Å². The first kappa shape index (κ1) is 33.9. The van der Waals surface area contributed by atoms with Crippen molar-refractivity contribution in [3.63, 3.8) is 0 Å². The molecule has 9 aromatic rings. The average molecular weight is 752 g/mol. The van der Waals surface area contributed by atoms with Crippen molar-refractivity contribution in [1.82, 2.24) is 0 Å². The molecule has 1 spiro atoms. The highest BCUT2D eigenvalue weighted by molar-refractivity contribution is 6.05. The Labute approximate surface area is 346 Å². The van der Waals surface area contributed by atoms with Crippen LogP contribution in [0.15, 0.2) is 212 Å². The molecule has 0 N–H and O–H groups in total. The summed E-state index contributed by atoms with van der Waals surface area (Å²) in [5.41, 5.74) is 23.5. The zero-order valence-electron chi connectivity index (χ0n) is 33.2. The van der Waals surface area contributed by atoms with E-state index in [1.807, 2.05) is 0 Å². The van der Waals surface area contributed by atoms with Gasteiger partial charge in [0.25, 0.3) is 0 Å². The van der Waals surface area contributed by atoms with E-state index < -0.39 is 5.41 Å². The van der Waals surface area contributed by atoms with Gasteiger partial charge in [-0.25, -0.2) is 0 Å². The third kappa shape index (κ3) is 4.67. The largest absolute Gasteiger partial charge is 0.309 e. The van der Waals surface area contributed by atoms with Crippen LogP contribution in [0.3, 0.4) is 0 Å². The molecule has 1 nitrogen and oxygen atoms in total. The van der Waals surface area contributed by atoms with Gasteiger partial charge in [-0.05, 0) is 108 Å². The van der Waals surface area contributed by atoms with Crippen molar-refractivity contribution in [2.75, 3.05) is 4.90 Å². The fourth-order valence-corrected chi connectivity index (χ4v) is 10.9. The Bertz CT molecular complexity index is 3070. The minimum Gasteiger partial charge on any atom is -0.309 e. The van der Waals surface area contributed by atoms with E-state index >= 15 is 0 Å². The summed E-state index contributed by atoms with van der Waals surface area (Å²) in [5.74, 6) is 0. The van der Waals surface area contributed by atoms with Crippen LogP contribution in [0.25, 0.3) is 55.6 Å². The number of rotatable bonds is 5. The third-order valence-corrected chi connectivity index (χ3v) is 13.5. The van der Waals surface area contributed by atoms with E-state index in [0.29, 0.717) is 0 Å². The summed E-state index contributed by atoms with van der Waals surface area (Å²) in [6.45, 7) is 4.76. The van der Waals surface area contributed by atoms with E-state index in [1.54, 1.807) is 0 Å². The van der Waals surface area contributed by atoms with Crippen LogP contribution >= 0.6 is 0 Å². The van der Waals surface area contributed by atoms with E-state index in [9.17, 15) is 0 Å². The standard InChI is InChI=1S/C58H41N/c1-57(2)47-26-13-11-24-45(47)55-51(57)30-17-31-53(55)59(42-34-32-40(33-35-42)38-18-5-3-6-19-38)54-37-41(39-20-7-4-8-21-39)36-52-56(54)46-25-12-16-29-50(46)58(52)48-27-14-9-22-43(48)44-23-10-15-28-49(44)58/h3-37H,1-2H3. The molecular weight excluding hydrogens is 711 g/mol. The Morgan fingerprint density at radius 2 is 0.746 bits per heavy atom. The fraction of sp³-hybridized carbons (Fsp3) is 0.0690. The maximum Gasteiger partial charge on any atom is 0.0726 e. The van der Waals surface area contributed by atoms with Crippen LogP contribution in [0.1, 0.15) is 47.2 Å². The number of nitrogens with zero attached hydrogens (tertiary/aromatic N) is 1. The van der Waals surface area contributed by atoms with Crippen LogP contribution in [0.2, 0.25) is 0 Å². The molecule has 59 heavy (non-hydrogen) atoms. The maximum atomic E-state index is 2.58. The maximum absolute atomic E-state index is 2.58. The lowest BCUT2D eigenvalue weighted by Crippen LogP contribution is -2.26. The Hall–Kier alpha value is -7.22. The summed E-state index contributed by atoms with van der Waals surface area (Å²) < 4.78 is 0. The topological polar surface area (TPSA) is 3.24 Å². The van der Waals surface area contributed by atoms with Crippen LogP contribution in [-0.4, -0.2) is 0 Å². The molecule has 0 atom stereocenters. The Morgan fingerprint density at radius 3 is 1.36 bits per heavy atom. The molecule has 0 aromatic heterocycles. The van der Waals surface area contributed by atoms with Crippen LogP contribution in [0.4, 0.5) is 17.1 Å². The minimum absolute atomic E-state index is 0.146. The number of benzene rings is 9. The molecule has 0 amide bonds. The van der Waals surface area contributed by atoms with Crippen LogP contribution < -0.4 is 4.90 Å². The van der Waals surface area contributed by atoms with E-state index in [-0.39, 0.29) is 5.41 Å². The van der Waals surface area contributed by atoms with E-state index in [1.165, 1.54) is 100 Å². The van der Waals surface area contributed by atoms with Gasteiger partial charge in [0.15, 0.2) is 0 Å². The number of hydrogen-bond donors (Lipinski definition) is 0. The highest BCUT2D eigenvalue weighted by Crippen LogP contribution is 2.66. The van der Waals surface area contributed by atoms with Gasteiger partial charge in [0.05, 0.1) is 16.8 Å². The van der Waals surface area contributed by atoms with Crippen molar-refractivity contribution in [1.29, 1.82) is 0 Å². The van der Waals surface area contributed by atoms with E-state index in [0.717, 1.165) is 5.69 Å². The van der Waals surface area contributed by atoms with Gasteiger partial charge in [0, 0.05) is 22.2 Å². The molecule has 12 rings (SSSR count). The van der Waals surface area contributed by atoms with Gasteiger partial charge >= 0.3 is 0 Å². The molecule has 0 radical (unpaired) electrons. The summed E-state index contributed by atoms with van der Waals surface area (Å²) in [6.07, 6.45) is 0. The lowest BCUT2D eigenvalue weighted by Gasteiger charge is -2.33. The van der Waals surface area contributed by atoms with Crippen molar-refractivity contribution in [3.8, 4) is 55.6 Å². The molecule has 9 aromatic carbocycles. The summed E-state index contributed by atoms with van der Waals surface area (Å²) in [5, 5.41) is 0. The third-order valence-electron chi connectivity index (χ3n) is 13.5. The Kier molecular flexibility index (Phi) is 7.26. The van der Waals surface area contributed by atoms with Gasteiger partial charge in [-0.2, -0.15) is 0 Å². The van der Waals surface area contributed by atoms with Crippen molar-refractivity contribution in [3.05, 3.63) is 246 Å². The van der Waals surface area contributed by atoms with Gasteiger partial charge < -0.3 is 4.90 Å². The SMILES string of the molecule is CC1(C)c2ccccc2-c2c(N(c3ccc(-c4ccccc4)cc3)c3cc(-c4ccccc4)cc4c3-c3ccccc3C43c4ccccc4-c4ccccc43)cccc21. The van der Waals surface area contributed by atoms with Gasteiger partial charge in [-0.15, -0.1) is 0 Å². The average Bonchev–Trinajstić information content (AvgIpc) is 3.86. The van der Waals surface area contributed by atoms with Gasteiger partial charge in [0.1, 0.15) is 0 Å². The smallest absolute Gasteiger partial charge is 0.0726 e. The normalized spacial score (nSPS) is 14.2. The molecule has 278 valence electrons. The summed E-state index contributed by atoms with van der Waals surface area (Å²) in [4.78, 5) is 2.58. The Morgan fingerprint density at radius 1 is 0.305 bits per heavy atom. The second kappa shape index (κ2) is 12.6. The number of hydrogen-bond acceptors (Lipinski definition) is 1. The molecule has 1 heteroatoms. The number of anilines is 3. The summed E-state index contributed by atoms with van der Waals surface area (Å²) in [6, 6.07) is 79.3. The quantitative estimate of drug-likeness (QED) is 0.169. The predicted octanol–water partition coefficient (Wildman–Crippen LogP) is 15.1. The van der Waals surface area contributed by atoms with Crippen molar-refractivity contribution < 1.29 is 0 Å². The first-order valence-electron chi connectivity index (χ1n) is 20.8. The second-order valence-electron chi connectivity index (χ2n) is 16.8.